The lowest BCUT2D eigenvalue weighted by molar-refractivity contribution is 0.412. The molecule has 2 aromatic rings. The van der Waals surface area contributed by atoms with Crippen molar-refractivity contribution in [1.82, 2.24) is 15.5 Å². The van der Waals surface area contributed by atoms with E-state index in [1.165, 1.54) is 17.5 Å². The Balaban J connectivity index is 1.92. The first-order valence-electron chi connectivity index (χ1n) is 6.38. The van der Waals surface area contributed by atoms with Crippen LogP contribution in [0.3, 0.4) is 0 Å². The number of benzene rings is 1. The number of nitrogens with one attached hydrogen (secondary N) is 1. The molecular formula is C14H17N3O. The Labute approximate surface area is 106 Å². The topological polar surface area (TPSA) is 51.0 Å². The van der Waals surface area contributed by atoms with Crippen molar-refractivity contribution in [2.45, 2.75) is 32.7 Å². The van der Waals surface area contributed by atoms with Gasteiger partial charge >= 0.3 is 0 Å². The van der Waals surface area contributed by atoms with Crippen molar-refractivity contribution in [3.63, 3.8) is 0 Å². The van der Waals surface area contributed by atoms with E-state index < -0.39 is 0 Å². The summed E-state index contributed by atoms with van der Waals surface area (Å²) in [5.74, 6) is 1.40. The highest BCUT2D eigenvalue weighted by Gasteiger charge is 2.22. The van der Waals surface area contributed by atoms with Crippen molar-refractivity contribution < 1.29 is 4.52 Å². The van der Waals surface area contributed by atoms with Gasteiger partial charge in [-0.1, -0.05) is 22.9 Å². The van der Waals surface area contributed by atoms with E-state index in [0.717, 1.165) is 24.4 Å². The van der Waals surface area contributed by atoms with Gasteiger partial charge in [-0.25, -0.2) is 0 Å². The lowest BCUT2D eigenvalue weighted by Crippen LogP contribution is -2.14. The van der Waals surface area contributed by atoms with Gasteiger partial charge in [-0.2, -0.15) is 4.98 Å². The summed E-state index contributed by atoms with van der Waals surface area (Å²) in [5.41, 5.74) is 3.44. The normalized spacial score (nSPS) is 19.3. The molecule has 1 N–H and O–H groups in total. The molecule has 4 nitrogen and oxygen atoms in total. The molecule has 0 bridgehead atoms. The van der Waals surface area contributed by atoms with Gasteiger partial charge in [-0.05, 0) is 44.9 Å². The molecule has 0 amide bonds. The molecule has 1 aliphatic rings. The zero-order valence-electron chi connectivity index (χ0n) is 10.7. The van der Waals surface area contributed by atoms with E-state index in [2.05, 4.69) is 41.4 Å². The van der Waals surface area contributed by atoms with Crippen molar-refractivity contribution in [3.8, 4) is 11.5 Å². The molecule has 0 aliphatic carbocycles. The van der Waals surface area contributed by atoms with Gasteiger partial charge in [0.25, 0.3) is 5.89 Å². The van der Waals surface area contributed by atoms with Crippen molar-refractivity contribution in [2.24, 2.45) is 0 Å². The second-order valence-electron chi connectivity index (χ2n) is 4.93. The molecule has 4 heteroatoms. The Kier molecular flexibility index (Phi) is 2.88. The van der Waals surface area contributed by atoms with Gasteiger partial charge in [0.2, 0.25) is 0 Å². The van der Waals surface area contributed by atoms with Gasteiger partial charge in [0.15, 0.2) is 5.82 Å². The fourth-order valence-corrected chi connectivity index (χ4v) is 2.44. The highest BCUT2D eigenvalue weighted by atomic mass is 16.5. The highest BCUT2D eigenvalue weighted by Crippen LogP contribution is 2.26. The predicted octanol–water partition coefficient (Wildman–Crippen LogP) is 2.78. The fraction of sp³-hybridized carbons (Fsp3) is 0.429. The van der Waals surface area contributed by atoms with E-state index in [1.807, 2.05) is 6.07 Å². The van der Waals surface area contributed by atoms with Crippen LogP contribution in [-0.2, 0) is 0 Å². The number of hydrogen-bond acceptors (Lipinski definition) is 4. The third-order valence-corrected chi connectivity index (χ3v) is 3.43. The second kappa shape index (κ2) is 4.53. The minimum absolute atomic E-state index is 0.258. The maximum atomic E-state index is 5.38. The van der Waals surface area contributed by atoms with Crippen molar-refractivity contribution in [2.75, 3.05) is 6.54 Å². The van der Waals surface area contributed by atoms with E-state index in [-0.39, 0.29) is 6.04 Å². The first-order chi connectivity index (χ1) is 8.74. The van der Waals surface area contributed by atoms with E-state index in [9.17, 15) is 0 Å². The van der Waals surface area contributed by atoms with Crippen LogP contribution in [0, 0.1) is 13.8 Å². The predicted molar refractivity (Wildman–Crippen MR) is 69.2 cm³/mol. The van der Waals surface area contributed by atoms with E-state index in [1.54, 1.807) is 0 Å². The minimum atomic E-state index is 0.258. The summed E-state index contributed by atoms with van der Waals surface area (Å²) in [6, 6.07) is 6.50. The van der Waals surface area contributed by atoms with Crippen LogP contribution in [-0.4, -0.2) is 16.7 Å². The lowest BCUT2D eigenvalue weighted by Gasteiger charge is -2.03. The molecular weight excluding hydrogens is 226 g/mol. The van der Waals surface area contributed by atoms with E-state index in [4.69, 9.17) is 4.52 Å². The fourth-order valence-electron chi connectivity index (χ4n) is 2.44. The SMILES string of the molecule is Cc1ccc(-c2nc(C3CCCN3)no2)c(C)c1. The van der Waals surface area contributed by atoms with Crippen LogP contribution in [0.5, 0.6) is 0 Å². The number of nitrogens with zero attached hydrogens (tertiary/aromatic N) is 2. The number of hydrogen-bond donors (Lipinski definition) is 1. The maximum Gasteiger partial charge on any atom is 0.258 e. The van der Waals surface area contributed by atoms with Crippen LogP contribution in [0.1, 0.15) is 35.8 Å². The minimum Gasteiger partial charge on any atom is -0.334 e. The molecule has 1 saturated heterocycles. The first kappa shape index (κ1) is 11.4. The molecule has 1 aromatic heterocycles. The number of aromatic nitrogens is 2. The van der Waals surface area contributed by atoms with Crippen molar-refractivity contribution >= 4 is 0 Å². The molecule has 18 heavy (non-hydrogen) atoms. The summed E-state index contributed by atoms with van der Waals surface area (Å²) < 4.78 is 5.38. The molecule has 1 unspecified atom stereocenters. The molecule has 3 rings (SSSR count). The van der Waals surface area contributed by atoms with Crippen LogP contribution in [0.2, 0.25) is 0 Å². The smallest absolute Gasteiger partial charge is 0.258 e. The maximum absolute atomic E-state index is 5.38. The molecule has 1 aromatic carbocycles. The number of rotatable bonds is 2. The molecule has 0 spiro atoms. The molecule has 0 radical (unpaired) electrons. The molecule has 94 valence electrons. The Morgan fingerprint density at radius 2 is 2.22 bits per heavy atom. The van der Waals surface area contributed by atoms with Crippen molar-refractivity contribution in [1.29, 1.82) is 0 Å². The third kappa shape index (κ3) is 2.04. The van der Waals surface area contributed by atoms with Gasteiger partial charge in [0.05, 0.1) is 6.04 Å². The lowest BCUT2D eigenvalue weighted by atomic mass is 10.1. The molecule has 0 saturated carbocycles. The van der Waals surface area contributed by atoms with Crippen LogP contribution in [0.4, 0.5) is 0 Å². The van der Waals surface area contributed by atoms with Gasteiger partial charge in [0.1, 0.15) is 0 Å². The van der Waals surface area contributed by atoms with Crippen LogP contribution < -0.4 is 5.32 Å². The average molecular weight is 243 g/mol. The zero-order valence-corrected chi connectivity index (χ0v) is 10.7. The monoisotopic (exact) mass is 243 g/mol. The molecule has 2 heterocycles. The largest absolute Gasteiger partial charge is 0.334 e. The second-order valence-corrected chi connectivity index (χ2v) is 4.93. The summed E-state index contributed by atoms with van der Waals surface area (Å²) in [5, 5.41) is 7.47. The molecule has 1 fully saturated rings. The summed E-state index contributed by atoms with van der Waals surface area (Å²) in [6.07, 6.45) is 2.27. The first-order valence-corrected chi connectivity index (χ1v) is 6.38. The summed E-state index contributed by atoms with van der Waals surface area (Å²) in [7, 11) is 0. The summed E-state index contributed by atoms with van der Waals surface area (Å²) >= 11 is 0. The zero-order chi connectivity index (χ0) is 12.5. The van der Waals surface area contributed by atoms with Gasteiger partial charge in [-0.3, -0.25) is 0 Å². The Morgan fingerprint density at radius 1 is 1.33 bits per heavy atom. The Morgan fingerprint density at radius 3 is 2.94 bits per heavy atom. The standard InChI is InChI=1S/C14H17N3O/c1-9-5-6-11(10(2)8-9)14-16-13(17-18-14)12-4-3-7-15-12/h5-6,8,12,15H,3-4,7H2,1-2H3. The van der Waals surface area contributed by atoms with Gasteiger partial charge in [-0.15, -0.1) is 0 Å². The van der Waals surface area contributed by atoms with Crippen LogP contribution >= 0.6 is 0 Å². The van der Waals surface area contributed by atoms with Crippen LogP contribution in [0.25, 0.3) is 11.5 Å². The summed E-state index contributed by atoms with van der Waals surface area (Å²) in [4.78, 5) is 4.51. The number of aryl methyl sites for hydroxylation is 2. The van der Waals surface area contributed by atoms with E-state index in [0.29, 0.717) is 5.89 Å². The van der Waals surface area contributed by atoms with Gasteiger partial charge < -0.3 is 9.84 Å². The quantitative estimate of drug-likeness (QED) is 0.881. The van der Waals surface area contributed by atoms with E-state index >= 15 is 0 Å². The molecule has 1 atom stereocenters. The van der Waals surface area contributed by atoms with Crippen molar-refractivity contribution in [3.05, 3.63) is 35.2 Å². The Hall–Kier alpha value is -1.68. The third-order valence-electron chi connectivity index (χ3n) is 3.43. The Bertz CT molecular complexity index is 556. The summed E-state index contributed by atoms with van der Waals surface area (Å²) in [6.45, 7) is 5.19. The highest BCUT2D eigenvalue weighted by molar-refractivity contribution is 5.58. The average Bonchev–Trinajstić information content (AvgIpc) is 2.99. The molecule has 1 aliphatic heterocycles. The van der Waals surface area contributed by atoms with Crippen LogP contribution in [0.15, 0.2) is 22.7 Å². The van der Waals surface area contributed by atoms with Gasteiger partial charge in [0, 0.05) is 5.56 Å².